The minimum absolute atomic E-state index is 0.305. The molecule has 0 saturated heterocycles. The van der Waals surface area contributed by atoms with E-state index in [2.05, 4.69) is 40.3 Å². The van der Waals surface area contributed by atoms with Gasteiger partial charge in [0.25, 0.3) is 0 Å². The third-order valence-electron chi connectivity index (χ3n) is 2.44. The highest BCUT2D eigenvalue weighted by Crippen LogP contribution is 2.42. The first-order valence-electron chi connectivity index (χ1n) is 3.45. The van der Waals surface area contributed by atoms with Crippen molar-refractivity contribution in [3.63, 3.8) is 0 Å². The van der Waals surface area contributed by atoms with Crippen LogP contribution < -0.4 is 0 Å². The topological polar surface area (TPSA) is 0 Å². The Morgan fingerprint density at radius 3 is 1.56 bits per heavy atom. The van der Waals surface area contributed by atoms with Gasteiger partial charge in [-0.3, -0.25) is 0 Å². The molecule has 0 aliphatic rings. The summed E-state index contributed by atoms with van der Waals surface area (Å²) in [6, 6.07) is 0. The molecule has 0 aromatic rings. The molecule has 0 aliphatic heterocycles. The Labute approximate surface area is 61.8 Å². The van der Waals surface area contributed by atoms with Gasteiger partial charge in [-0.15, -0.1) is 6.58 Å². The molecule has 0 heterocycles. The van der Waals surface area contributed by atoms with Crippen molar-refractivity contribution >= 4 is 10.2 Å². The fourth-order valence-corrected chi connectivity index (χ4v) is 0.510. The molecule has 0 N–H and O–H groups in total. The predicted molar refractivity (Wildman–Crippen MR) is 48.0 cm³/mol. The van der Waals surface area contributed by atoms with Gasteiger partial charge in [0.15, 0.2) is 0 Å². The lowest BCUT2D eigenvalue weighted by molar-refractivity contribution is 0.354. The maximum atomic E-state index is 3.82. The van der Waals surface area contributed by atoms with Crippen LogP contribution in [0.2, 0.25) is 5.04 Å². The minimum atomic E-state index is 0.305. The highest BCUT2D eigenvalue weighted by molar-refractivity contribution is 6.15. The van der Waals surface area contributed by atoms with Crippen LogP contribution >= 0.6 is 0 Å². The van der Waals surface area contributed by atoms with Crippen molar-refractivity contribution in [3.8, 4) is 0 Å². The number of hydrogen-bond donors (Lipinski definition) is 0. The van der Waals surface area contributed by atoms with Crippen molar-refractivity contribution < 1.29 is 0 Å². The zero-order valence-corrected chi connectivity index (χ0v) is 9.28. The second-order valence-corrected chi connectivity index (χ2v) is 6.68. The van der Waals surface area contributed by atoms with Crippen molar-refractivity contribution in [1.29, 1.82) is 0 Å². The van der Waals surface area contributed by atoms with E-state index in [4.69, 9.17) is 0 Å². The fraction of sp³-hybridized carbons (Fsp3) is 0.750. The van der Waals surface area contributed by atoms with Crippen molar-refractivity contribution in [2.45, 2.75) is 32.7 Å². The highest BCUT2D eigenvalue weighted by atomic mass is 28.1. The van der Waals surface area contributed by atoms with E-state index in [9.17, 15) is 0 Å². The van der Waals surface area contributed by atoms with E-state index in [1.54, 1.807) is 0 Å². The first-order chi connectivity index (χ1) is 3.81. The molecule has 0 radical (unpaired) electrons. The first kappa shape index (κ1) is 8.96. The lowest BCUT2D eigenvalue weighted by atomic mass is 9.80. The summed E-state index contributed by atoms with van der Waals surface area (Å²) in [5.74, 6) is 0. The van der Waals surface area contributed by atoms with Gasteiger partial charge >= 0.3 is 0 Å². The summed E-state index contributed by atoms with van der Waals surface area (Å²) in [6.45, 7) is 12.9. The van der Waals surface area contributed by atoms with Gasteiger partial charge in [-0.1, -0.05) is 33.8 Å². The Balaban J connectivity index is 4.32. The Morgan fingerprint density at radius 2 is 1.56 bits per heavy atom. The van der Waals surface area contributed by atoms with Crippen LogP contribution in [0.5, 0.6) is 0 Å². The smallest absolute Gasteiger partial charge is 0.0110 e. The average Bonchev–Trinajstić information content (AvgIpc) is 1.64. The molecule has 0 fully saturated rings. The van der Waals surface area contributed by atoms with Crippen molar-refractivity contribution in [2.24, 2.45) is 5.41 Å². The van der Waals surface area contributed by atoms with E-state index in [1.165, 1.54) is 10.2 Å². The lowest BCUT2D eigenvalue weighted by Gasteiger charge is -2.35. The summed E-state index contributed by atoms with van der Waals surface area (Å²) >= 11 is 0. The molecular formula is C8H18Si. The molecule has 0 atom stereocenters. The normalized spacial score (nSPS) is 13.8. The molecular weight excluding hydrogens is 124 g/mol. The van der Waals surface area contributed by atoms with Crippen LogP contribution in [0.15, 0.2) is 12.7 Å². The molecule has 1 heteroatoms. The monoisotopic (exact) mass is 142 g/mol. The number of allylic oxidation sites excluding steroid dienone is 1. The van der Waals surface area contributed by atoms with Gasteiger partial charge in [-0.2, -0.15) is 0 Å². The Kier molecular flexibility index (Phi) is 2.28. The van der Waals surface area contributed by atoms with Crippen LogP contribution in [0.4, 0.5) is 0 Å². The molecule has 0 amide bonds. The lowest BCUT2D eigenvalue weighted by Crippen LogP contribution is -2.23. The third kappa shape index (κ3) is 1.97. The molecule has 0 nitrogen and oxygen atoms in total. The molecule has 9 heavy (non-hydrogen) atoms. The van der Waals surface area contributed by atoms with Crippen molar-refractivity contribution in [3.05, 3.63) is 12.7 Å². The van der Waals surface area contributed by atoms with E-state index < -0.39 is 0 Å². The van der Waals surface area contributed by atoms with Crippen LogP contribution in [0.25, 0.3) is 0 Å². The highest BCUT2D eigenvalue weighted by Gasteiger charge is 2.28. The Morgan fingerprint density at radius 1 is 1.22 bits per heavy atom. The molecule has 0 rings (SSSR count). The molecule has 0 aromatic heterocycles. The quantitative estimate of drug-likeness (QED) is 0.407. The molecule has 0 bridgehead atoms. The summed E-state index contributed by atoms with van der Waals surface area (Å²) in [6.07, 6.45) is 2.06. The maximum absolute atomic E-state index is 3.82. The van der Waals surface area contributed by atoms with Crippen molar-refractivity contribution in [1.82, 2.24) is 0 Å². The average molecular weight is 142 g/mol. The summed E-state index contributed by atoms with van der Waals surface area (Å²) in [7, 11) is 1.22. The second-order valence-electron chi connectivity index (χ2n) is 4.18. The van der Waals surface area contributed by atoms with Crippen LogP contribution in [0, 0.1) is 5.41 Å². The maximum Gasteiger partial charge on any atom is 0.0110 e. The van der Waals surface area contributed by atoms with Crippen LogP contribution in [-0.4, -0.2) is 10.2 Å². The van der Waals surface area contributed by atoms with Gasteiger partial charge in [0.05, 0.1) is 0 Å². The van der Waals surface area contributed by atoms with E-state index in [0.29, 0.717) is 10.5 Å². The van der Waals surface area contributed by atoms with Crippen molar-refractivity contribution in [2.75, 3.05) is 0 Å². The fourth-order valence-electron chi connectivity index (χ4n) is 0.306. The van der Waals surface area contributed by atoms with Gasteiger partial charge in [0.2, 0.25) is 0 Å². The summed E-state index contributed by atoms with van der Waals surface area (Å²) in [5.41, 5.74) is 0.305. The molecule has 0 unspecified atom stereocenters. The molecule has 0 saturated carbocycles. The van der Waals surface area contributed by atoms with Gasteiger partial charge in [-0.05, 0) is 10.5 Å². The van der Waals surface area contributed by atoms with Crippen LogP contribution in [0.3, 0.4) is 0 Å². The Bertz CT molecular complexity index is 106. The van der Waals surface area contributed by atoms with E-state index in [0.717, 1.165) is 0 Å². The summed E-state index contributed by atoms with van der Waals surface area (Å²) < 4.78 is 0. The molecule has 0 aliphatic carbocycles. The van der Waals surface area contributed by atoms with Gasteiger partial charge < -0.3 is 0 Å². The number of hydrogen-bond acceptors (Lipinski definition) is 0. The van der Waals surface area contributed by atoms with Crippen LogP contribution in [0.1, 0.15) is 27.7 Å². The number of rotatable bonds is 2. The van der Waals surface area contributed by atoms with E-state index in [1.807, 2.05) is 0 Å². The summed E-state index contributed by atoms with van der Waals surface area (Å²) in [4.78, 5) is 0. The van der Waals surface area contributed by atoms with Crippen LogP contribution in [-0.2, 0) is 0 Å². The Hall–Kier alpha value is -0.0431. The van der Waals surface area contributed by atoms with Gasteiger partial charge in [0, 0.05) is 10.2 Å². The van der Waals surface area contributed by atoms with E-state index >= 15 is 0 Å². The second kappa shape index (κ2) is 2.29. The summed E-state index contributed by atoms with van der Waals surface area (Å²) in [5, 5.41) is 0.467. The first-order valence-corrected chi connectivity index (χ1v) is 4.45. The van der Waals surface area contributed by atoms with Gasteiger partial charge in [-0.25, -0.2) is 0 Å². The standard InChI is InChI=1S/C8H18Si/c1-6-7(2,3)8(4,5)9/h6H,1H2,2-5,9H3. The largest absolute Gasteiger partial charge is 0.103 e. The molecule has 0 spiro atoms. The minimum Gasteiger partial charge on any atom is -0.103 e. The SMILES string of the molecule is C=CC(C)(C)C(C)(C)[SiH3]. The third-order valence-corrected chi connectivity index (χ3v) is 3.73. The van der Waals surface area contributed by atoms with Gasteiger partial charge in [0.1, 0.15) is 0 Å². The zero-order chi connectivity index (χ0) is 7.71. The molecule has 0 aromatic carbocycles. The zero-order valence-electron chi connectivity index (χ0n) is 7.28. The molecule has 54 valence electrons. The predicted octanol–water partition coefficient (Wildman–Crippen LogP) is 1.76. The van der Waals surface area contributed by atoms with E-state index in [-0.39, 0.29) is 0 Å².